The number of alkyl halides is 3. The summed E-state index contributed by atoms with van der Waals surface area (Å²) < 4.78 is 41.1. The van der Waals surface area contributed by atoms with Crippen LogP contribution in [0, 0.1) is 5.92 Å². The Morgan fingerprint density at radius 3 is 2.66 bits per heavy atom. The number of carboxylic acids is 1. The lowest BCUT2D eigenvalue weighted by atomic mass is 9.82. The summed E-state index contributed by atoms with van der Waals surface area (Å²) in [5.74, 6) is -3.29. The van der Waals surface area contributed by atoms with Crippen molar-refractivity contribution in [1.29, 1.82) is 0 Å². The van der Waals surface area contributed by atoms with E-state index in [0.29, 0.717) is 10.5 Å². The lowest BCUT2D eigenvalue weighted by Gasteiger charge is -2.43. The van der Waals surface area contributed by atoms with Crippen LogP contribution >= 0.6 is 0 Å². The largest absolute Gasteiger partial charge is 0.573 e. The van der Waals surface area contributed by atoms with Gasteiger partial charge in [-0.25, -0.2) is 19.5 Å². The highest BCUT2D eigenvalue weighted by Gasteiger charge is 2.54. The van der Waals surface area contributed by atoms with E-state index in [9.17, 15) is 32.7 Å². The number of pyridine rings is 1. The van der Waals surface area contributed by atoms with E-state index in [1.54, 1.807) is 6.07 Å². The molecule has 3 rings (SSSR count). The zero-order valence-corrected chi connectivity index (χ0v) is 16.7. The van der Waals surface area contributed by atoms with Crippen molar-refractivity contribution in [3.63, 3.8) is 0 Å². The van der Waals surface area contributed by atoms with Crippen LogP contribution in [-0.4, -0.2) is 45.3 Å². The number of benzene rings is 1. The summed E-state index contributed by atoms with van der Waals surface area (Å²) in [6.07, 6.45) is -3.40. The van der Waals surface area contributed by atoms with E-state index in [4.69, 9.17) is 5.73 Å². The minimum absolute atomic E-state index is 0.0542. The van der Waals surface area contributed by atoms with Crippen LogP contribution in [0.3, 0.4) is 0 Å². The number of hydrogen-bond acceptors (Lipinski definition) is 6. The molecule has 0 radical (unpaired) electrons. The molecule has 3 atom stereocenters. The molecule has 1 aromatic heterocycles. The smallest absolute Gasteiger partial charge is 0.480 e. The number of carbonyl (C=O) groups excluding carboxylic acids is 2. The summed E-state index contributed by atoms with van der Waals surface area (Å²) in [6, 6.07) is 4.84. The standard InChI is InChI=1S/C20H19F3N4O5/c1-10(12-3-2-4-13(9-12)32-20(21,22)23)26-19(31)27-16(18(29)30)14(17(27)28)7-11-5-6-25-15(24)8-11/h2-6,8-10,14,16H,7H2,1H3,(H2,24,25)(H,26,31)(H,29,30)/t10-,14-,16+/m1/s1. The number of β-lactam (4-membered cyclic amide) rings is 1. The zero-order chi connectivity index (χ0) is 23.6. The number of carbonyl (C=O) groups is 3. The molecule has 32 heavy (non-hydrogen) atoms. The van der Waals surface area contributed by atoms with Gasteiger partial charge in [0.2, 0.25) is 5.91 Å². The quantitative estimate of drug-likeness (QED) is 0.573. The van der Waals surface area contributed by atoms with Crippen molar-refractivity contribution in [3.8, 4) is 5.75 Å². The molecule has 0 aliphatic carbocycles. The monoisotopic (exact) mass is 452 g/mol. The molecule has 0 spiro atoms. The molecule has 2 aromatic rings. The highest BCUT2D eigenvalue weighted by molar-refractivity contribution is 6.07. The fourth-order valence-electron chi connectivity index (χ4n) is 3.45. The van der Waals surface area contributed by atoms with Crippen LogP contribution < -0.4 is 15.8 Å². The highest BCUT2D eigenvalue weighted by atomic mass is 19.4. The van der Waals surface area contributed by atoms with E-state index in [0.717, 1.165) is 12.1 Å². The van der Waals surface area contributed by atoms with Crippen LogP contribution in [0.5, 0.6) is 5.75 Å². The lowest BCUT2D eigenvalue weighted by molar-refractivity contribution is -0.274. The van der Waals surface area contributed by atoms with Crippen LogP contribution in [0.2, 0.25) is 0 Å². The van der Waals surface area contributed by atoms with Gasteiger partial charge in [-0.1, -0.05) is 12.1 Å². The Balaban J connectivity index is 1.70. The van der Waals surface area contributed by atoms with E-state index in [-0.39, 0.29) is 17.8 Å². The number of anilines is 1. The number of ether oxygens (including phenoxy) is 1. The molecule has 2 heterocycles. The first-order chi connectivity index (χ1) is 15.0. The Morgan fingerprint density at radius 2 is 2.03 bits per heavy atom. The summed E-state index contributed by atoms with van der Waals surface area (Å²) in [4.78, 5) is 41.3. The van der Waals surface area contributed by atoms with Gasteiger partial charge in [-0.05, 0) is 48.7 Å². The van der Waals surface area contributed by atoms with Crippen LogP contribution in [-0.2, 0) is 16.0 Å². The highest BCUT2D eigenvalue weighted by Crippen LogP contribution is 2.31. The Labute approximate surface area is 180 Å². The molecule has 0 saturated carbocycles. The van der Waals surface area contributed by atoms with Gasteiger partial charge in [0.25, 0.3) is 0 Å². The Morgan fingerprint density at radius 1 is 1.31 bits per heavy atom. The van der Waals surface area contributed by atoms with Crippen molar-refractivity contribution < 1.29 is 37.4 Å². The summed E-state index contributed by atoms with van der Waals surface area (Å²) in [5, 5.41) is 12.0. The third-order valence-electron chi connectivity index (χ3n) is 4.92. The van der Waals surface area contributed by atoms with Crippen molar-refractivity contribution in [2.75, 3.05) is 5.73 Å². The summed E-state index contributed by atoms with van der Waals surface area (Å²) in [7, 11) is 0. The predicted octanol–water partition coefficient (Wildman–Crippen LogP) is 2.49. The van der Waals surface area contributed by atoms with Gasteiger partial charge in [-0.2, -0.15) is 0 Å². The first kappa shape index (κ1) is 22.8. The molecule has 1 aromatic carbocycles. The maximum absolute atomic E-state index is 12.6. The predicted molar refractivity (Wildman–Crippen MR) is 104 cm³/mol. The molecular weight excluding hydrogens is 433 g/mol. The SMILES string of the molecule is C[C@@H](NC(=O)N1C(=O)[C@H](Cc2ccnc(N)c2)[C@H]1C(=O)O)c1cccc(OC(F)(F)F)c1. The van der Waals surface area contributed by atoms with Crippen molar-refractivity contribution in [1.82, 2.24) is 15.2 Å². The number of aliphatic carboxylic acids is 1. The van der Waals surface area contributed by atoms with Crippen LogP contribution in [0.1, 0.15) is 24.1 Å². The van der Waals surface area contributed by atoms with Gasteiger partial charge >= 0.3 is 18.4 Å². The van der Waals surface area contributed by atoms with Crippen LogP contribution in [0.25, 0.3) is 0 Å². The van der Waals surface area contributed by atoms with Crippen molar-refractivity contribution in [2.24, 2.45) is 5.92 Å². The molecule has 3 amide bonds. The number of nitrogens with two attached hydrogens (primary N) is 1. The second-order valence-corrected chi connectivity index (χ2v) is 7.18. The maximum atomic E-state index is 12.6. The van der Waals surface area contributed by atoms with Crippen LogP contribution in [0.4, 0.5) is 23.8 Å². The van der Waals surface area contributed by atoms with Gasteiger partial charge in [0.1, 0.15) is 11.6 Å². The number of aromatic nitrogens is 1. The first-order valence-electron chi connectivity index (χ1n) is 9.38. The first-order valence-corrected chi connectivity index (χ1v) is 9.38. The fourth-order valence-corrected chi connectivity index (χ4v) is 3.45. The summed E-state index contributed by atoms with van der Waals surface area (Å²) in [6.45, 7) is 1.47. The van der Waals surface area contributed by atoms with Crippen LogP contribution in [0.15, 0.2) is 42.6 Å². The molecular formula is C20H19F3N4O5. The number of nitrogen functional groups attached to an aromatic ring is 1. The third-order valence-corrected chi connectivity index (χ3v) is 4.92. The fraction of sp³-hybridized carbons (Fsp3) is 0.300. The number of nitrogens with zero attached hydrogens (tertiary/aromatic N) is 2. The van der Waals surface area contributed by atoms with Gasteiger partial charge in [0.05, 0.1) is 12.0 Å². The maximum Gasteiger partial charge on any atom is 0.573 e. The molecule has 12 heteroatoms. The van der Waals surface area contributed by atoms with Gasteiger partial charge in [-0.15, -0.1) is 13.2 Å². The number of carboxylic acid groups (broad SMARTS) is 1. The minimum Gasteiger partial charge on any atom is -0.480 e. The average Bonchev–Trinajstić information content (AvgIpc) is 2.68. The second-order valence-electron chi connectivity index (χ2n) is 7.18. The second kappa shape index (κ2) is 8.73. The molecule has 1 saturated heterocycles. The molecule has 0 bridgehead atoms. The molecule has 1 aliphatic heterocycles. The number of nitrogens with one attached hydrogen (secondary N) is 1. The van der Waals surface area contributed by atoms with Crippen molar-refractivity contribution in [2.45, 2.75) is 31.8 Å². The number of imide groups is 1. The van der Waals surface area contributed by atoms with Gasteiger partial charge in [0, 0.05) is 6.20 Å². The number of amides is 3. The number of hydrogen-bond donors (Lipinski definition) is 3. The molecule has 0 unspecified atom stereocenters. The third kappa shape index (κ3) is 5.07. The minimum atomic E-state index is -4.88. The van der Waals surface area contributed by atoms with Gasteiger partial charge in [-0.3, -0.25) is 4.79 Å². The number of rotatable bonds is 6. The molecule has 1 aliphatic rings. The Hall–Kier alpha value is -3.83. The average molecular weight is 452 g/mol. The Kier molecular flexibility index (Phi) is 6.23. The molecule has 170 valence electrons. The van der Waals surface area contributed by atoms with E-state index >= 15 is 0 Å². The van der Waals surface area contributed by atoms with E-state index in [1.165, 1.54) is 31.3 Å². The van der Waals surface area contributed by atoms with E-state index in [2.05, 4.69) is 15.0 Å². The van der Waals surface area contributed by atoms with Crippen molar-refractivity contribution in [3.05, 3.63) is 53.7 Å². The van der Waals surface area contributed by atoms with Gasteiger partial charge < -0.3 is 20.9 Å². The lowest BCUT2D eigenvalue weighted by Crippen LogP contribution is -2.68. The Bertz CT molecular complexity index is 1050. The molecule has 4 N–H and O–H groups in total. The van der Waals surface area contributed by atoms with E-state index < -0.39 is 48.0 Å². The molecule has 1 fully saturated rings. The van der Waals surface area contributed by atoms with Crippen molar-refractivity contribution >= 4 is 23.7 Å². The topological polar surface area (TPSA) is 135 Å². The normalized spacial score (nSPS) is 19.1. The number of halogens is 3. The number of urea groups is 1. The van der Waals surface area contributed by atoms with Gasteiger partial charge in [0.15, 0.2) is 6.04 Å². The van der Waals surface area contributed by atoms with E-state index in [1.807, 2.05) is 0 Å². The summed E-state index contributed by atoms with van der Waals surface area (Å²) in [5.41, 5.74) is 6.46. The summed E-state index contributed by atoms with van der Waals surface area (Å²) >= 11 is 0. The number of likely N-dealkylation sites (tertiary alicyclic amines) is 1. The zero-order valence-electron chi connectivity index (χ0n) is 16.7. The molecule has 9 nitrogen and oxygen atoms in total.